The molecule has 2 aromatic carbocycles. The zero-order valence-electron chi connectivity index (χ0n) is 19.5. The smallest absolute Gasteiger partial charge is 0.294 e. The number of carbonyl (C=O) groups is 3. The number of hydrogen-bond donors (Lipinski definition) is 0. The minimum Gasteiger partial charge on any atom is -0.342 e. The van der Waals surface area contributed by atoms with Gasteiger partial charge in [-0.15, -0.1) is 0 Å². The Balaban J connectivity index is 1.38. The molecule has 0 bridgehead atoms. The molecule has 2 aliphatic rings. The summed E-state index contributed by atoms with van der Waals surface area (Å²) < 4.78 is 1.98. The lowest BCUT2D eigenvalue weighted by Gasteiger charge is -2.28. The van der Waals surface area contributed by atoms with Gasteiger partial charge in [0.2, 0.25) is 0 Å². The van der Waals surface area contributed by atoms with Gasteiger partial charge in [0.05, 0.1) is 17.6 Å². The maximum Gasteiger partial charge on any atom is 0.294 e. The third-order valence-corrected chi connectivity index (χ3v) is 6.58. The predicted octanol–water partition coefficient (Wildman–Crippen LogP) is 2.98. The SMILES string of the molecule is Cc1ccccc1-n1ncc2c1CCN(C(=O)c1ccc3c(c1)C(C(=O)C(=O)N(C)C)=CC3)C2. The first kappa shape index (κ1) is 21.8. The maximum atomic E-state index is 13.4. The summed E-state index contributed by atoms with van der Waals surface area (Å²) in [5.74, 6) is -1.20. The molecule has 1 aromatic heterocycles. The number of carbonyl (C=O) groups excluding carboxylic acids is 3. The van der Waals surface area contributed by atoms with E-state index in [-0.39, 0.29) is 5.91 Å². The lowest BCUT2D eigenvalue weighted by Crippen LogP contribution is -2.36. The summed E-state index contributed by atoms with van der Waals surface area (Å²) in [4.78, 5) is 41.3. The number of amides is 2. The molecule has 2 amide bonds. The molecule has 2 heterocycles. The van der Waals surface area contributed by atoms with Crippen LogP contribution in [0.2, 0.25) is 0 Å². The van der Waals surface area contributed by atoms with Crippen molar-refractivity contribution in [2.75, 3.05) is 20.6 Å². The van der Waals surface area contributed by atoms with E-state index in [0.717, 1.165) is 28.1 Å². The first-order valence-electron chi connectivity index (χ1n) is 11.4. The monoisotopic (exact) mass is 454 g/mol. The first-order chi connectivity index (χ1) is 16.3. The number of fused-ring (bicyclic) bond motifs is 2. The van der Waals surface area contributed by atoms with Crippen LogP contribution < -0.4 is 0 Å². The Morgan fingerprint density at radius 3 is 2.59 bits per heavy atom. The number of nitrogens with zero attached hydrogens (tertiary/aromatic N) is 4. The van der Waals surface area contributed by atoms with Gasteiger partial charge in [0.15, 0.2) is 0 Å². The van der Waals surface area contributed by atoms with Gasteiger partial charge in [-0.2, -0.15) is 5.10 Å². The van der Waals surface area contributed by atoms with Gasteiger partial charge in [0.1, 0.15) is 0 Å². The third kappa shape index (κ3) is 3.63. The number of Topliss-reactive ketones (excluding diaryl/α,β-unsaturated/α-hetero) is 1. The molecule has 0 atom stereocenters. The van der Waals surface area contributed by atoms with Crippen LogP contribution in [0.25, 0.3) is 11.3 Å². The van der Waals surface area contributed by atoms with Gasteiger partial charge in [0, 0.05) is 50.3 Å². The summed E-state index contributed by atoms with van der Waals surface area (Å²) in [5, 5.41) is 4.60. The number of benzene rings is 2. The standard InChI is InChI=1S/C27H26N4O3/c1-17-6-4-5-7-23(17)31-24-12-13-30(16-20(24)15-28-31)26(33)19-9-8-18-10-11-21(22(18)14-19)25(32)27(34)29(2)3/h4-9,11,14-15H,10,12-13,16H2,1-3H3. The average Bonchev–Trinajstić information content (AvgIpc) is 3.46. The fraction of sp³-hybridized carbons (Fsp3) is 0.259. The molecule has 0 N–H and O–H groups in total. The Morgan fingerprint density at radius 1 is 1.03 bits per heavy atom. The number of rotatable bonds is 4. The molecule has 0 fully saturated rings. The topological polar surface area (TPSA) is 75.5 Å². The van der Waals surface area contributed by atoms with Crippen LogP contribution in [0.4, 0.5) is 0 Å². The molecule has 172 valence electrons. The van der Waals surface area contributed by atoms with Crippen LogP contribution in [0, 0.1) is 6.92 Å². The molecule has 1 aliphatic carbocycles. The van der Waals surface area contributed by atoms with Crippen molar-refractivity contribution in [3.05, 3.63) is 88.2 Å². The third-order valence-electron chi connectivity index (χ3n) is 6.58. The van der Waals surface area contributed by atoms with E-state index in [1.54, 1.807) is 26.2 Å². The van der Waals surface area contributed by atoms with Crippen molar-refractivity contribution in [3.63, 3.8) is 0 Å². The average molecular weight is 455 g/mol. The molecule has 0 unspecified atom stereocenters. The summed E-state index contributed by atoms with van der Waals surface area (Å²) in [6.07, 6.45) is 4.91. The highest BCUT2D eigenvalue weighted by Crippen LogP contribution is 2.31. The van der Waals surface area contributed by atoms with E-state index in [9.17, 15) is 14.4 Å². The van der Waals surface area contributed by atoms with Crippen LogP contribution in [0.1, 0.15) is 38.3 Å². The van der Waals surface area contributed by atoms with Crippen LogP contribution in [0.3, 0.4) is 0 Å². The molecular weight excluding hydrogens is 428 g/mol. The molecule has 5 rings (SSSR count). The van der Waals surface area contributed by atoms with Gasteiger partial charge in [-0.1, -0.05) is 30.3 Å². The molecule has 0 saturated carbocycles. The highest BCUT2D eigenvalue weighted by molar-refractivity contribution is 6.53. The van der Waals surface area contributed by atoms with Gasteiger partial charge in [0.25, 0.3) is 17.6 Å². The quantitative estimate of drug-likeness (QED) is 0.568. The van der Waals surface area contributed by atoms with E-state index in [2.05, 4.69) is 24.2 Å². The molecule has 34 heavy (non-hydrogen) atoms. The molecule has 0 spiro atoms. The summed E-state index contributed by atoms with van der Waals surface area (Å²) in [6, 6.07) is 13.6. The van der Waals surface area contributed by atoms with Gasteiger partial charge in [-0.3, -0.25) is 14.4 Å². The molecule has 7 nitrogen and oxygen atoms in total. The highest BCUT2D eigenvalue weighted by Gasteiger charge is 2.29. The molecular formula is C27H26N4O3. The van der Waals surface area contributed by atoms with Crippen LogP contribution in [0.15, 0.2) is 54.7 Å². The number of ketones is 1. The molecule has 0 saturated heterocycles. The number of para-hydroxylation sites is 1. The van der Waals surface area contributed by atoms with Crippen molar-refractivity contribution in [2.45, 2.75) is 26.3 Å². The van der Waals surface area contributed by atoms with E-state index >= 15 is 0 Å². The Hall–Kier alpha value is -4.00. The normalized spacial score (nSPS) is 14.3. The molecule has 0 radical (unpaired) electrons. The summed E-state index contributed by atoms with van der Waals surface area (Å²) >= 11 is 0. The Bertz CT molecular complexity index is 1370. The molecule has 1 aliphatic heterocycles. The van der Waals surface area contributed by atoms with E-state index < -0.39 is 11.7 Å². The van der Waals surface area contributed by atoms with Crippen LogP contribution in [-0.4, -0.2) is 57.8 Å². The van der Waals surface area contributed by atoms with Crippen molar-refractivity contribution in [1.82, 2.24) is 19.6 Å². The van der Waals surface area contributed by atoms with Crippen LogP contribution >= 0.6 is 0 Å². The van der Waals surface area contributed by atoms with Crippen molar-refractivity contribution < 1.29 is 14.4 Å². The van der Waals surface area contributed by atoms with E-state index in [4.69, 9.17) is 0 Å². The maximum absolute atomic E-state index is 13.4. The number of hydrogen-bond acceptors (Lipinski definition) is 4. The predicted molar refractivity (Wildman–Crippen MR) is 129 cm³/mol. The molecule has 3 aromatic rings. The van der Waals surface area contributed by atoms with Crippen molar-refractivity contribution >= 4 is 23.2 Å². The minimum absolute atomic E-state index is 0.0882. The highest BCUT2D eigenvalue weighted by atomic mass is 16.2. The lowest BCUT2D eigenvalue weighted by atomic mass is 9.98. The summed E-state index contributed by atoms with van der Waals surface area (Å²) in [7, 11) is 3.12. The van der Waals surface area contributed by atoms with Gasteiger partial charge >= 0.3 is 0 Å². The fourth-order valence-corrected chi connectivity index (χ4v) is 4.69. The van der Waals surface area contributed by atoms with Crippen LogP contribution in [-0.2, 0) is 29.0 Å². The summed E-state index contributed by atoms with van der Waals surface area (Å²) in [5.41, 5.74) is 6.90. The second kappa shape index (κ2) is 8.41. The zero-order valence-corrected chi connectivity index (χ0v) is 19.5. The molecule has 7 heteroatoms. The van der Waals surface area contributed by atoms with Crippen molar-refractivity contribution in [3.8, 4) is 5.69 Å². The van der Waals surface area contributed by atoms with E-state index in [1.165, 1.54) is 4.90 Å². The van der Waals surface area contributed by atoms with Crippen molar-refractivity contribution in [2.24, 2.45) is 0 Å². The van der Waals surface area contributed by atoms with E-state index in [1.807, 2.05) is 40.0 Å². The van der Waals surface area contributed by atoms with Gasteiger partial charge in [-0.05, 0) is 48.2 Å². The minimum atomic E-state index is -0.565. The van der Waals surface area contributed by atoms with Crippen LogP contribution in [0.5, 0.6) is 0 Å². The first-order valence-corrected chi connectivity index (χ1v) is 11.4. The number of aromatic nitrogens is 2. The van der Waals surface area contributed by atoms with Gasteiger partial charge < -0.3 is 9.80 Å². The Labute approximate surface area is 198 Å². The second-order valence-corrected chi connectivity index (χ2v) is 9.01. The fourth-order valence-electron chi connectivity index (χ4n) is 4.69. The number of aryl methyl sites for hydroxylation is 1. The van der Waals surface area contributed by atoms with Gasteiger partial charge in [-0.25, -0.2) is 4.68 Å². The summed E-state index contributed by atoms with van der Waals surface area (Å²) in [6.45, 7) is 3.13. The number of allylic oxidation sites excluding steroid dienone is 1. The van der Waals surface area contributed by atoms with Crippen molar-refractivity contribution in [1.29, 1.82) is 0 Å². The Kier molecular flexibility index (Phi) is 5.40. The zero-order chi connectivity index (χ0) is 24.0. The van der Waals surface area contributed by atoms with E-state index in [0.29, 0.717) is 42.6 Å². The number of likely N-dealkylation sites (N-methyl/N-ethyl adjacent to an activating group) is 1. The largest absolute Gasteiger partial charge is 0.342 e. The second-order valence-electron chi connectivity index (χ2n) is 9.01. The Morgan fingerprint density at radius 2 is 1.82 bits per heavy atom. The lowest BCUT2D eigenvalue weighted by molar-refractivity contribution is -0.139.